The number of hydrogen-bond donors (Lipinski definition) is 3. The van der Waals surface area contributed by atoms with Crippen LogP contribution in [0.15, 0.2) is 24.3 Å². The Kier molecular flexibility index (Phi) is 6.40. The third kappa shape index (κ3) is 4.58. The van der Waals surface area contributed by atoms with Crippen LogP contribution in [0.1, 0.15) is 39.1 Å². The molecule has 0 atom stereocenters. The number of carboxylic acids is 2. The minimum atomic E-state index is -1.34. The number of rotatable bonds is 7. The van der Waals surface area contributed by atoms with Crippen molar-refractivity contribution in [2.45, 2.75) is 19.3 Å². The van der Waals surface area contributed by atoms with Crippen LogP contribution in [0.4, 0.5) is 5.69 Å². The molecule has 1 aliphatic heterocycles. The lowest BCUT2D eigenvalue weighted by atomic mass is 10.1. The van der Waals surface area contributed by atoms with E-state index < -0.39 is 17.8 Å². The van der Waals surface area contributed by atoms with E-state index in [0.717, 1.165) is 17.9 Å². The van der Waals surface area contributed by atoms with Crippen molar-refractivity contribution >= 4 is 29.4 Å². The van der Waals surface area contributed by atoms with Gasteiger partial charge in [0.05, 0.1) is 23.2 Å². The smallest absolute Gasteiger partial charge is 0.338 e. The predicted molar refractivity (Wildman–Crippen MR) is 110 cm³/mol. The summed E-state index contributed by atoms with van der Waals surface area (Å²) in [7, 11) is 1.41. The Morgan fingerprint density at radius 3 is 2.00 bits per heavy atom. The molecule has 2 amide bonds. The first-order chi connectivity index (χ1) is 14.7. The van der Waals surface area contributed by atoms with Gasteiger partial charge < -0.3 is 20.8 Å². The fourth-order valence-electron chi connectivity index (χ4n) is 3.61. The lowest BCUT2D eigenvalue weighted by Gasteiger charge is -2.19. The number of fused-ring (bicyclic) bond motifs is 1. The van der Waals surface area contributed by atoms with Gasteiger partial charge in [-0.15, -0.1) is 0 Å². The van der Waals surface area contributed by atoms with Gasteiger partial charge in [0, 0.05) is 20.1 Å². The van der Waals surface area contributed by atoms with E-state index in [0.29, 0.717) is 18.7 Å². The van der Waals surface area contributed by atoms with Gasteiger partial charge in [-0.3, -0.25) is 14.4 Å². The summed E-state index contributed by atoms with van der Waals surface area (Å²) in [5.41, 5.74) is 5.70. The van der Waals surface area contributed by atoms with Crippen LogP contribution in [0.25, 0.3) is 11.1 Å². The van der Waals surface area contributed by atoms with Crippen molar-refractivity contribution < 1.29 is 34.2 Å². The average Bonchev–Trinajstić information content (AvgIpc) is 3.29. The lowest BCUT2D eigenvalue weighted by Crippen LogP contribution is -2.36. The van der Waals surface area contributed by atoms with E-state index in [4.69, 9.17) is 10.6 Å². The highest BCUT2D eigenvalue weighted by molar-refractivity contribution is 6.14. The maximum absolute atomic E-state index is 12.5. The largest absolute Gasteiger partial charge is 0.478 e. The number of nitrogens with two attached hydrogens (primary N) is 1. The number of carboxylic acid groups (broad SMARTS) is 2. The lowest BCUT2D eigenvalue weighted by molar-refractivity contribution is -0.182. The van der Waals surface area contributed by atoms with E-state index in [-0.39, 0.29) is 46.9 Å². The van der Waals surface area contributed by atoms with Gasteiger partial charge in [0.2, 0.25) is 5.91 Å². The van der Waals surface area contributed by atoms with Crippen LogP contribution in [0.2, 0.25) is 0 Å². The number of amides is 2. The number of hydroxylamine groups is 2. The number of hydrogen-bond acceptors (Lipinski definition) is 6. The molecular formula is C21H23N3O7. The SMILES string of the molecule is CN(OCC(=O)N1CCCC1)C(=O)Cc1ccc2c(C(=O)O)c(N)c(C(=O)O)c-2cc1. The van der Waals surface area contributed by atoms with Crippen molar-refractivity contribution in [2.75, 3.05) is 32.5 Å². The zero-order chi connectivity index (χ0) is 22.7. The molecule has 0 saturated carbocycles. The second-order valence-corrected chi connectivity index (χ2v) is 7.27. The molecule has 31 heavy (non-hydrogen) atoms. The van der Waals surface area contributed by atoms with E-state index in [9.17, 15) is 29.4 Å². The molecule has 2 aliphatic carbocycles. The molecule has 164 valence electrons. The van der Waals surface area contributed by atoms with Crippen molar-refractivity contribution in [3.8, 4) is 11.1 Å². The highest BCUT2D eigenvalue weighted by atomic mass is 16.7. The molecule has 0 radical (unpaired) electrons. The van der Waals surface area contributed by atoms with Crippen LogP contribution in [-0.2, 0) is 20.8 Å². The predicted octanol–water partition coefficient (Wildman–Crippen LogP) is 1.32. The first kappa shape index (κ1) is 22.0. The molecule has 0 aromatic rings. The maximum Gasteiger partial charge on any atom is 0.338 e. The fourth-order valence-corrected chi connectivity index (χ4v) is 3.61. The maximum atomic E-state index is 12.5. The number of aromatic carboxylic acids is 2. The second kappa shape index (κ2) is 9.00. The van der Waals surface area contributed by atoms with Gasteiger partial charge >= 0.3 is 11.9 Å². The Hall–Kier alpha value is -3.66. The molecule has 10 heteroatoms. The summed E-state index contributed by atoms with van der Waals surface area (Å²) < 4.78 is 0. The molecule has 3 rings (SSSR count). The van der Waals surface area contributed by atoms with E-state index in [1.165, 1.54) is 31.3 Å². The molecule has 1 fully saturated rings. The number of likely N-dealkylation sites (N-methyl/N-ethyl adjacent to an activating group) is 1. The van der Waals surface area contributed by atoms with Crippen molar-refractivity contribution in [1.82, 2.24) is 9.96 Å². The average molecular weight is 429 g/mol. The van der Waals surface area contributed by atoms with Gasteiger partial charge in [0.25, 0.3) is 5.91 Å². The molecule has 1 heterocycles. The Morgan fingerprint density at radius 2 is 1.52 bits per heavy atom. The van der Waals surface area contributed by atoms with Gasteiger partial charge in [0.15, 0.2) is 6.61 Å². The first-order valence-corrected chi connectivity index (χ1v) is 9.68. The Balaban J connectivity index is 1.75. The standard InChI is InChI=1S/C21H23N3O7/c1-23(31-11-16(26)24-8-2-3-9-24)15(25)10-12-4-6-13-14(7-5-12)18(21(29)30)19(22)17(13)20(27)28/h4-7H,2-3,8-11,22H2,1H3,(H,27,28)(H,29,30). The van der Waals surface area contributed by atoms with E-state index in [2.05, 4.69) is 0 Å². The molecule has 0 aromatic heterocycles. The molecule has 0 bridgehead atoms. The van der Waals surface area contributed by atoms with Crippen molar-refractivity contribution in [2.24, 2.45) is 0 Å². The highest BCUT2D eigenvalue weighted by Crippen LogP contribution is 2.38. The summed E-state index contributed by atoms with van der Waals surface area (Å²) >= 11 is 0. The topological polar surface area (TPSA) is 150 Å². The summed E-state index contributed by atoms with van der Waals surface area (Å²) in [6, 6.07) is 5.92. The molecule has 3 aliphatic rings. The summed E-state index contributed by atoms with van der Waals surface area (Å²) in [4.78, 5) is 54.6. The summed E-state index contributed by atoms with van der Waals surface area (Å²) in [6.07, 6.45) is 1.83. The van der Waals surface area contributed by atoms with E-state index >= 15 is 0 Å². The minimum absolute atomic E-state index is 0.0913. The minimum Gasteiger partial charge on any atom is -0.478 e. The fraction of sp³-hybridized carbons (Fsp3) is 0.333. The summed E-state index contributed by atoms with van der Waals surface area (Å²) in [5.74, 6) is -3.28. The molecule has 0 unspecified atom stereocenters. The van der Waals surface area contributed by atoms with E-state index in [1.807, 2.05) is 0 Å². The zero-order valence-electron chi connectivity index (χ0n) is 17.0. The van der Waals surface area contributed by atoms with Crippen LogP contribution in [0.3, 0.4) is 0 Å². The third-order valence-corrected chi connectivity index (χ3v) is 5.27. The van der Waals surface area contributed by atoms with Crippen molar-refractivity contribution in [3.63, 3.8) is 0 Å². The van der Waals surface area contributed by atoms with Gasteiger partial charge in [0.1, 0.15) is 0 Å². The highest BCUT2D eigenvalue weighted by Gasteiger charge is 2.29. The van der Waals surface area contributed by atoms with Crippen LogP contribution >= 0.6 is 0 Å². The van der Waals surface area contributed by atoms with Gasteiger partial charge in [-0.25, -0.2) is 14.7 Å². The van der Waals surface area contributed by atoms with Crippen molar-refractivity contribution in [1.29, 1.82) is 0 Å². The Bertz CT molecular complexity index is 963. The van der Waals surface area contributed by atoms with Crippen LogP contribution < -0.4 is 5.73 Å². The normalized spacial score (nSPS) is 13.4. The second-order valence-electron chi connectivity index (χ2n) is 7.27. The summed E-state index contributed by atoms with van der Waals surface area (Å²) in [5, 5.41) is 19.8. The molecular weight excluding hydrogens is 406 g/mol. The Morgan fingerprint density at radius 1 is 1.00 bits per heavy atom. The number of likely N-dealkylation sites (tertiary alicyclic amines) is 1. The van der Waals surface area contributed by atoms with Crippen LogP contribution in [-0.4, -0.2) is 70.7 Å². The molecule has 0 spiro atoms. The molecule has 0 aromatic carbocycles. The van der Waals surface area contributed by atoms with Crippen LogP contribution in [0.5, 0.6) is 0 Å². The number of carbonyl (C=O) groups excluding carboxylic acids is 2. The van der Waals surface area contributed by atoms with Crippen molar-refractivity contribution in [3.05, 3.63) is 41.0 Å². The monoisotopic (exact) mass is 429 g/mol. The quantitative estimate of drug-likeness (QED) is 0.558. The number of carbonyl (C=O) groups is 4. The molecule has 4 N–H and O–H groups in total. The van der Waals surface area contributed by atoms with Crippen LogP contribution in [0, 0.1) is 0 Å². The third-order valence-electron chi connectivity index (χ3n) is 5.27. The van der Waals surface area contributed by atoms with Gasteiger partial charge in [-0.2, -0.15) is 0 Å². The van der Waals surface area contributed by atoms with Gasteiger partial charge in [-0.05, 0) is 29.5 Å². The van der Waals surface area contributed by atoms with Gasteiger partial charge in [-0.1, -0.05) is 24.3 Å². The molecule has 1 saturated heterocycles. The summed E-state index contributed by atoms with van der Waals surface area (Å²) in [6.45, 7) is 1.15. The number of nitrogens with zero attached hydrogens (tertiary/aromatic N) is 2. The number of nitrogen functional groups attached to an aromatic ring is 1. The zero-order valence-corrected chi connectivity index (χ0v) is 17.0. The Labute approximate surface area is 178 Å². The van der Waals surface area contributed by atoms with E-state index in [1.54, 1.807) is 4.90 Å². The first-order valence-electron chi connectivity index (χ1n) is 9.68. The molecule has 10 nitrogen and oxygen atoms in total. The number of anilines is 1.